The van der Waals surface area contributed by atoms with Gasteiger partial charge in [0.05, 0.1) is 7.05 Å². The number of carboxylic acid groups (broad SMARTS) is 1. The van der Waals surface area contributed by atoms with E-state index >= 15 is 0 Å². The molecule has 0 radical (unpaired) electrons. The predicted octanol–water partition coefficient (Wildman–Crippen LogP) is 1.90. The Hall–Kier alpha value is -1.53. The minimum Gasteiger partial charge on any atom is -0.542 e. The zero-order valence-corrected chi connectivity index (χ0v) is 12.7. The van der Waals surface area contributed by atoms with Crippen molar-refractivity contribution in [2.45, 2.75) is 52.1 Å². The molecule has 0 saturated carbocycles. The van der Waals surface area contributed by atoms with Gasteiger partial charge in [-0.3, -0.25) is 0 Å². The van der Waals surface area contributed by atoms with Crippen molar-refractivity contribution in [2.75, 3.05) is 0 Å². The van der Waals surface area contributed by atoms with Crippen LogP contribution in [0.4, 0.5) is 13.2 Å². The highest BCUT2D eigenvalue weighted by Gasteiger charge is 2.28. The van der Waals surface area contributed by atoms with Crippen LogP contribution in [0.2, 0.25) is 0 Å². The third kappa shape index (κ3) is 9.92. The van der Waals surface area contributed by atoms with Gasteiger partial charge in [-0.15, -0.1) is 0 Å². The Kier molecular flexibility index (Phi) is 8.73. The lowest BCUT2D eigenvalue weighted by atomic mass is 10.0. The van der Waals surface area contributed by atoms with Gasteiger partial charge in [0.2, 0.25) is 0 Å². The van der Waals surface area contributed by atoms with Crippen LogP contribution in [0, 0.1) is 5.92 Å². The molecule has 21 heavy (non-hydrogen) atoms. The summed E-state index contributed by atoms with van der Waals surface area (Å²) in [5.41, 5.74) is 0. The van der Waals surface area contributed by atoms with E-state index in [1.807, 2.05) is 6.20 Å². The van der Waals surface area contributed by atoms with Crippen molar-refractivity contribution in [3.63, 3.8) is 0 Å². The Morgan fingerprint density at radius 2 is 1.90 bits per heavy atom. The molecule has 1 rings (SSSR count). The fraction of sp³-hybridized carbons (Fsp3) is 0.714. The number of carboxylic acids is 1. The lowest BCUT2D eigenvalue weighted by Gasteiger charge is -2.03. The maximum Gasteiger partial charge on any atom is 0.430 e. The van der Waals surface area contributed by atoms with Gasteiger partial charge in [-0.2, -0.15) is 13.2 Å². The number of alkyl halides is 3. The molecule has 0 atom stereocenters. The van der Waals surface area contributed by atoms with Crippen molar-refractivity contribution in [3.8, 4) is 0 Å². The van der Waals surface area contributed by atoms with Gasteiger partial charge in [0.1, 0.15) is 18.4 Å². The number of aromatic nitrogens is 2. The number of nitrogens with one attached hydrogen (secondary N) is 1. The minimum absolute atomic E-state index is 0.858. The lowest BCUT2D eigenvalue weighted by molar-refractivity contribution is -0.677. The molecule has 0 fully saturated rings. The Labute approximate surface area is 123 Å². The van der Waals surface area contributed by atoms with Crippen molar-refractivity contribution in [1.29, 1.82) is 0 Å². The number of aryl methyl sites for hydroxylation is 2. The number of rotatable bonds is 6. The van der Waals surface area contributed by atoms with E-state index in [-0.39, 0.29) is 0 Å². The number of carbonyl (C=O) groups is 1. The van der Waals surface area contributed by atoms with E-state index in [9.17, 15) is 13.2 Å². The monoisotopic (exact) mass is 308 g/mol. The van der Waals surface area contributed by atoms with Gasteiger partial charge in [0, 0.05) is 6.42 Å². The first-order chi connectivity index (χ1) is 9.64. The van der Waals surface area contributed by atoms with Gasteiger partial charge in [0.25, 0.3) is 5.82 Å². The zero-order chi connectivity index (χ0) is 16.5. The Morgan fingerprint density at radius 3 is 2.29 bits per heavy atom. The van der Waals surface area contributed by atoms with E-state index < -0.39 is 12.1 Å². The van der Waals surface area contributed by atoms with Crippen LogP contribution in [0.5, 0.6) is 0 Å². The van der Waals surface area contributed by atoms with E-state index in [2.05, 4.69) is 36.6 Å². The average molecular weight is 308 g/mol. The molecule has 0 aliphatic heterocycles. The van der Waals surface area contributed by atoms with Crippen LogP contribution < -0.4 is 9.67 Å². The van der Waals surface area contributed by atoms with Crippen LogP contribution >= 0.6 is 0 Å². The predicted molar refractivity (Wildman–Crippen MR) is 70.0 cm³/mol. The summed E-state index contributed by atoms with van der Waals surface area (Å²) in [6.45, 7) is 4.59. The largest absolute Gasteiger partial charge is 0.542 e. The van der Waals surface area contributed by atoms with Crippen molar-refractivity contribution in [2.24, 2.45) is 13.0 Å². The molecule has 0 bridgehead atoms. The number of aromatic amines is 1. The number of hydrogen-bond acceptors (Lipinski definition) is 2. The zero-order valence-electron chi connectivity index (χ0n) is 12.7. The first-order valence-corrected chi connectivity index (χ1v) is 6.94. The fourth-order valence-electron chi connectivity index (χ4n) is 1.71. The Balaban J connectivity index is 0.000000486. The molecule has 122 valence electrons. The second kappa shape index (κ2) is 9.41. The summed E-state index contributed by atoms with van der Waals surface area (Å²) in [6, 6.07) is 0. The smallest absolute Gasteiger partial charge is 0.430 e. The molecule has 1 aromatic rings. The number of nitrogens with zero attached hydrogens (tertiary/aromatic N) is 1. The molecule has 0 unspecified atom stereocenters. The third-order valence-electron chi connectivity index (χ3n) is 2.90. The highest BCUT2D eigenvalue weighted by molar-refractivity contribution is 5.70. The van der Waals surface area contributed by atoms with Gasteiger partial charge < -0.3 is 9.90 Å². The number of aliphatic carboxylic acids is 1. The highest BCUT2D eigenvalue weighted by atomic mass is 19.4. The van der Waals surface area contributed by atoms with Gasteiger partial charge in [0.15, 0.2) is 0 Å². The summed E-state index contributed by atoms with van der Waals surface area (Å²) in [6.07, 6.45) is 5.48. The van der Waals surface area contributed by atoms with Crippen molar-refractivity contribution < 1.29 is 27.6 Å². The summed E-state index contributed by atoms with van der Waals surface area (Å²) >= 11 is 0. The molecule has 4 nitrogen and oxygen atoms in total. The molecule has 0 amide bonds. The summed E-state index contributed by atoms with van der Waals surface area (Å²) in [4.78, 5) is 12.1. The molecule has 1 heterocycles. The third-order valence-corrected chi connectivity index (χ3v) is 2.90. The van der Waals surface area contributed by atoms with Crippen LogP contribution in [0.15, 0.2) is 12.4 Å². The maximum absolute atomic E-state index is 10.5. The molecule has 1 N–H and O–H groups in total. The van der Waals surface area contributed by atoms with Gasteiger partial charge in [-0.25, -0.2) is 9.55 Å². The van der Waals surface area contributed by atoms with Crippen LogP contribution in [-0.2, 0) is 18.3 Å². The maximum atomic E-state index is 10.5. The standard InChI is InChI=1S/C12H22N2.C2HF3O2/c1-11(2)7-5-4-6-8-12-13-9-10-14(12)3;3-2(4,5)1(6)7/h9-11H,4-8H2,1-3H3;(H,6,7). The van der Waals surface area contributed by atoms with Crippen LogP contribution in [0.1, 0.15) is 45.4 Å². The molecular weight excluding hydrogens is 285 g/mol. The summed E-state index contributed by atoms with van der Waals surface area (Å²) in [7, 11) is 2.10. The van der Waals surface area contributed by atoms with E-state index in [0.717, 1.165) is 5.92 Å². The molecule has 0 aliphatic carbocycles. The second-order valence-corrected chi connectivity index (χ2v) is 5.30. The lowest BCUT2D eigenvalue weighted by Crippen LogP contribution is -2.37. The van der Waals surface area contributed by atoms with Crippen molar-refractivity contribution in [1.82, 2.24) is 4.98 Å². The van der Waals surface area contributed by atoms with Crippen molar-refractivity contribution in [3.05, 3.63) is 18.2 Å². The number of halogens is 3. The normalized spacial score (nSPS) is 11.2. The van der Waals surface area contributed by atoms with Gasteiger partial charge in [-0.05, 0) is 12.3 Å². The first-order valence-electron chi connectivity index (χ1n) is 6.94. The highest BCUT2D eigenvalue weighted by Crippen LogP contribution is 2.11. The number of hydrogen-bond donors (Lipinski definition) is 1. The summed E-state index contributed by atoms with van der Waals surface area (Å²) in [5.74, 6) is -0.807. The van der Waals surface area contributed by atoms with E-state index in [1.165, 1.54) is 37.9 Å². The number of unbranched alkanes of at least 4 members (excludes halogenated alkanes) is 2. The topological polar surface area (TPSA) is 59.8 Å². The molecule has 1 aromatic heterocycles. The fourth-order valence-corrected chi connectivity index (χ4v) is 1.71. The second-order valence-electron chi connectivity index (χ2n) is 5.30. The average Bonchev–Trinajstić information content (AvgIpc) is 2.74. The van der Waals surface area contributed by atoms with Gasteiger partial charge in [-0.1, -0.05) is 33.1 Å². The molecule has 0 aliphatic rings. The Bertz CT molecular complexity index is 415. The van der Waals surface area contributed by atoms with Crippen LogP contribution in [0.3, 0.4) is 0 Å². The number of imidazole rings is 1. The number of carbonyl (C=O) groups excluding carboxylic acids is 1. The van der Waals surface area contributed by atoms with Crippen LogP contribution in [0.25, 0.3) is 0 Å². The minimum atomic E-state index is -5.19. The Morgan fingerprint density at radius 1 is 1.33 bits per heavy atom. The van der Waals surface area contributed by atoms with E-state index in [1.54, 1.807) is 0 Å². The molecule has 0 spiro atoms. The summed E-state index contributed by atoms with van der Waals surface area (Å²) in [5, 5.41) is 8.78. The molecular formula is C14H23F3N2O2. The van der Waals surface area contributed by atoms with E-state index in [4.69, 9.17) is 9.90 Å². The quantitative estimate of drug-likeness (QED) is 0.644. The molecule has 0 aromatic carbocycles. The molecule has 7 heteroatoms. The summed E-state index contributed by atoms with van der Waals surface area (Å²) < 4.78 is 33.7. The van der Waals surface area contributed by atoms with E-state index in [0.29, 0.717) is 0 Å². The van der Waals surface area contributed by atoms with Crippen LogP contribution in [-0.4, -0.2) is 17.1 Å². The first kappa shape index (κ1) is 19.5. The SMILES string of the molecule is CC(C)CCCCCc1[nH]cc[n+]1C.O=C([O-])C(F)(F)F. The molecule has 0 saturated heterocycles. The number of H-pyrrole nitrogens is 1. The van der Waals surface area contributed by atoms with Gasteiger partial charge >= 0.3 is 6.18 Å². The van der Waals surface area contributed by atoms with Crippen molar-refractivity contribution >= 4 is 5.97 Å².